The third-order valence-electron chi connectivity index (χ3n) is 10.7. The molecular weight excluding hydrogens is 607 g/mol. The van der Waals surface area contributed by atoms with Gasteiger partial charge in [0.15, 0.2) is 0 Å². The second kappa shape index (κ2) is 10.8. The fourth-order valence-corrected chi connectivity index (χ4v) is 8.32. The molecule has 0 saturated carbocycles. The lowest BCUT2D eigenvalue weighted by Gasteiger charge is -2.24. The molecule has 9 aromatic rings. The molecule has 0 N–H and O–H groups in total. The Morgan fingerprint density at radius 2 is 1.06 bits per heavy atom. The first-order chi connectivity index (χ1) is 24.6. The molecule has 0 unspecified atom stereocenters. The maximum absolute atomic E-state index is 5.13. The summed E-state index contributed by atoms with van der Waals surface area (Å²) in [4.78, 5) is 10.3. The normalized spacial score (nSPS) is 13.2. The highest BCUT2D eigenvalue weighted by Crippen LogP contribution is 2.53. The number of rotatable bonds is 4. The molecule has 0 atom stereocenters. The second-order valence-electron chi connectivity index (χ2n) is 13.9. The highest BCUT2D eigenvalue weighted by Gasteiger charge is 2.37. The van der Waals surface area contributed by atoms with E-state index in [1.165, 1.54) is 54.9 Å². The molecule has 1 aliphatic rings. The van der Waals surface area contributed by atoms with Crippen LogP contribution in [0.5, 0.6) is 0 Å². The van der Waals surface area contributed by atoms with Crippen molar-refractivity contribution in [2.24, 2.45) is 0 Å². The van der Waals surface area contributed by atoms with Gasteiger partial charge in [-0.2, -0.15) is 0 Å². The molecule has 0 spiro atoms. The largest absolute Gasteiger partial charge is 0.277 e. The standard InChI is InChI=1S/C47H33N3/c1-47(2)41-19-11-9-17-37(41)39-23-21-32-22-24-40-38-18-10-12-20-42(38)50(45(40)43(32)44(39)47)46-48-28-36(29-49-46)35-26-33(30-13-5-3-6-14-30)25-34(27-35)31-15-7-4-8-16-31/h3-29H,1-2H3. The molecule has 1 aliphatic carbocycles. The first-order valence-electron chi connectivity index (χ1n) is 17.2. The molecule has 0 amide bonds. The minimum absolute atomic E-state index is 0.161. The van der Waals surface area contributed by atoms with Crippen LogP contribution in [0.15, 0.2) is 164 Å². The summed E-state index contributed by atoms with van der Waals surface area (Å²) < 4.78 is 2.28. The molecule has 7 aromatic carbocycles. The van der Waals surface area contributed by atoms with Gasteiger partial charge in [-0.15, -0.1) is 0 Å². The number of aromatic nitrogens is 3. The summed E-state index contributed by atoms with van der Waals surface area (Å²) in [7, 11) is 0. The molecule has 10 rings (SSSR count). The smallest absolute Gasteiger partial charge is 0.234 e. The van der Waals surface area contributed by atoms with Crippen molar-refractivity contribution in [2.75, 3.05) is 0 Å². The summed E-state index contributed by atoms with van der Waals surface area (Å²) in [5.74, 6) is 0.667. The monoisotopic (exact) mass is 639 g/mol. The van der Waals surface area contributed by atoms with Crippen molar-refractivity contribution < 1.29 is 0 Å². The maximum atomic E-state index is 5.13. The fourth-order valence-electron chi connectivity index (χ4n) is 8.32. The lowest BCUT2D eigenvalue weighted by atomic mass is 9.80. The predicted molar refractivity (Wildman–Crippen MR) is 208 cm³/mol. The summed E-state index contributed by atoms with van der Waals surface area (Å²) >= 11 is 0. The Labute approximate surface area is 291 Å². The van der Waals surface area contributed by atoms with Gasteiger partial charge in [-0.05, 0) is 79.7 Å². The van der Waals surface area contributed by atoms with Crippen molar-refractivity contribution in [3.63, 3.8) is 0 Å². The Bertz CT molecular complexity index is 2700. The van der Waals surface area contributed by atoms with Crippen molar-refractivity contribution in [2.45, 2.75) is 19.3 Å². The van der Waals surface area contributed by atoms with E-state index in [0.717, 1.165) is 33.3 Å². The average molecular weight is 640 g/mol. The van der Waals surface area contributed by atoms with Crippen LogP contribution in [-0.4, -0.2) is 14.5 Å². The van der Waals surface area contributed by atoms with E-state index in [-0.39, 0.29) is 5.41 Å². The highest BCUT2D eigenvalue weighted by molar-refractivity contribution is 6.20. The molecule has 0 aliphatic heterocycles. The Morgan fingerprint density at radius 3 is 1.76 bits per heavy atom. The minimum Gasteiger partial charge on any atom is -0.277 e. The van der Waals surface area contributed by atoms with Crippen molar-refractivity contribution in [3.8, 4) is 50.5 Å². The number of benzene rings is 7. The topological polar surface area (TPSA) is 30.7 Å². The van der Waals surface area contributed by atoms with Gasteiger partial charge in [0, 0.05) is 39.5 Å². The summed E-state index contributed by atoms with van der Waals surface area (Å²) in [6, 6.07) is 54.5. The summed E-state index contributed by atoms with van der Waals surface area (Å²) in [6.07, 6.45) is 3.97. The zero-order valence-electron chi connectivity index (χ0n) is 27.9. The lowest BCUT2D eigenvalue weighted by Crippen LogP contribution is -2.16. The van der Waals surface area contributed by atoms with E-state index in [1.54, 1.807) is 0 Å². The van der Waals surface area contributed by atoms with Crippen molar-refractivity contribution >= 4 is 32.6 Å². The maximum Gasteiger partial charge on any atom is 0.234 e. The van der Waals surface area contributed by atoms with E-state index in [0.29, 0.717) is 5.95 Å². The van der Waals surface area contributed by atoms with Crippen molar-refractivity contribution in [1.29, 1.82) is 0 Å². The predicted octanol–water partition coefficient (Wildman–Crippen LogP) is 12.0. The molecule has 2 aromatic heterocycles. The molecule has 2 heterocycles. The lowest BCUT2D eigenvalue weighted by molar-refractivity contribution is 0.666. The van der Waals surface area contributed by atoms with E-state index in [1.807, 2.05) is 12.4 Å². The molecule has 50 heavy (non-hydrogen) atoms. The van der Waals surface area contributed by atoms with E-state index in [9.17, 15) is 0 Å². The minimum atomic E-state index is -0.161. The number of nitrogens with zero attached hydrogens (tertiary/aromatic N) is 3. The molecule has 0 fully saturated rings. The summed E-state index contributed by atoms with van der Waals surface area (Å²) in [5.41, 5.74) is 14.2. The number of hydrogen-bond donors (Lipinski definition) is 0. The SMILES string of the molecule is CC1(C)c2ccccc2-c2ccc3ccc4c5ccccc5n(-c5ncc(-c6cc(-c7ccccc7)cc(-c7ccccc7)c6)cn5)c4c3c21. The summed E-state index contributed by atoms with van der Waals surface area (Å²) in [5, 5.41) is 4.91. The van der Waals surface area contributed by atoms with Crippen LogP contribution < -0.4 is 0 Å². The number of fused-ring (bicyclic) bond motifs is 9. The van der Waals surface area contributed by atoms with Crippen LogP contribution in [0.2, 0.25) is 0 Å². The molecule has 3 nitrogen and oxygen atoms in total. The number of hydrogen-bond acceptors (Lipinski definition) is 2. The van der Waals surface area contributed by atoms with Gasteiger partial charge in [0.1, 0.15) is 0 Å². The Balaban J connectivity index is 1.19. The quantitative estimate of drug-likeness (QED) is 0.192. The van der Waals surface area contributed by atoms with Crippen molar-refractivity contribution in [1.82, 2.24) is 14.5 Å². The second-order valence-corrected chi connectivity index (χ2v) is 13.9. The van der Waals surface area contributed by atoms with Crippen molar-refractivity contribution in [3.05, 3.63) is 175 Å². The fraction of sp³-hybridized carbons (Fsp3) is 0.0638. The first kappa shape index (κ1) is 28.7. The van der Waals surface area contributed by atoms with Crippen LogP contribution in [0.25, 0.3) is 83.0 Å². The Morgan fingerprint density at radius 1 is 0.480 bits per heavy atom. The zero-order valence-corrected chi connectivity index (χ0v) is 27.9. The van der Waals surface area contributed by atoms with E-state index in [4.69, 9.17) is 9.97 Å². The molecule has 3 heteroatoms. The summed E-state index contributed by atoms with van der Waals surface area (Å²) in [6.45, 7) is 4.73. The van der Waals surface area contributed by atoms with Crippen LogP contribution in [-0.2, 0) is 5.41 Å². The number of para-hydroxylation sites is 1. The van der Waals surface area contributed by atoms with Gasteiger partial charge in [0.2, 0.25) is 5.95 Å². The van der Waals surface area contributed by atoms with E-state index in [2.05, 4.69) is 170 Å². The molecule has 236 valence electrons. The molecule has 0 radical (unpaired) electrons. The Hall–Kier alpha value is -6.32. The van der Waals surface area contributed by atoms with E-state index >= 15 is 0 Å². The van der Waals surface area contributed by atoms with Crippen LogP contribution in [0.1, 0.15) is 25.0 Å². The van der Waals surface area contributed by atoms with Gasteiger partial charge >= 0.3 is 0 Å². The van der Waals surface area contributed by atoms with Crippen LogP contribution in [0, 0.1) is 0 Å². The van der Waals surface area contributed by atoms with Crippen LogP contribution >= 0.6 is 0 Å². The first-order valence-corrected chi connectivity index (χ1v) is 17.2. The zero-order chi connectivity index (χ0) is 33.4. The van der Waals surface area contributed by atoms with Crippen LogP contribution in [0.4, 0.5) is 0 Å². The highest BCUT2D eigenvalue weighted by atomic mass is 15.1. The van der Waals surface area contributed by atoms with E-state index < -0.39 is 0 Å². The van der Waals surface area contributed by atoms with Crippen LogP contribution in [0.3, 0.4) is 0 Å². The van der Waals surface area contributed by atoms with Gasteiger partial charge in [-0.1, -0.05) is 141 Å². The van der Waals surface area contributed by atoms with Gasteiger partial charge in [0.05, 0.1) is 11.0 Å². The molecular formula is C47H33N3. The third-order valence-corrected chi connectivity index (χ3v) is 10.7. The van der Waals surface area contributed by atoms with Gasteiger partial charge in [-0.3, -0.25) is 4.57 Å². The van der Waals surface area contributed by atoms with Gasteiger partial charge in [0.25, 0.3) is 0 Å². The van der Waals surface area contributed by atoms with Gasteiger partial charge < -0.3 is 0 Å². The average Bonchev–Trinajstić information content (AvgIpc) is 3.64. The Kier molecular flexibility index (Phi) is 6.22. The molecule has 0 bridgehead atoms. The molecule has 0 saturated heterocycles. The third kappa shape index (κ3) is 4.23. The van der Waals surface area contributed by atoms with Gasteiger partial charge in [-0.25, -0.2) is 9.97 Å².